The molecule has 0 unspecified atom stereocenters. The molecule has 3 amide bonds. The van der Waals surface area contributed by atoms with Crippen LogP contribution in [0.25, 0.3) is 32.9 Å². The molecule has 0 atom stereocenters. The first-order chi connectivity index (χ1) is 19.7. The number of benzene rings is 3. The van der Waals surface area contributed by atoms with Gasteiger partial charge in [0.1, 0.15) is 5.82 Å². The Bertz CT molecular complexity index is 1930. The smallest absolute Gasteiger partial charge is 0.323 e. The first-order valence-electron chi connectivity index (χ1n) is 14.0. The Balaban J connectivity index is 1.42. The second-order valence-corrected chi connectivity index (χ2v) is 11.6. The molecular weight excluding hydrogens is 519 g/mol. The molecular formula is C32H31FN6O2. The van der Waals surface area contributed by atoms with E-state index in [-0.39, 0.29) is 11.6 Å². The Morgan fingerprint density at radius 3 is 2.73 bits per heavy atom. The van der Waals surface area contributed by atoms with Gasteiger partial charge in [-0.05, 0) is 72.7 Å². The third-order valence-electron chi connectivity index (χ3n) is 8.12. The highest BCUT2D eigenvalue weighted by Crippen LogP contribution is 2.47. The van der Waals surface area contributed by atoms with E-state index in [1.165, 1.54) is 11.6 Å². The number of fused-ring (bicyclic) bond motifs is 10. The molecule has 8 nitrogen and oxygen atoms in total. The standard InChI is InChI=1S/C32H31FN6O2/c1-16(2)14-39-26-10-6-18(35-32(41)36-25-11-17(3)5-8-23(25)33)12-20(26)28-21-13-34-31(40)29(21)27-19(30(28)39)7-9-24-22(27)15-38(4)37-24/h5-6,8,10-12,15-16H,7,9,13-14H2,1-4H3,(H,34,40)(H2,35,36,41). The minimum Gasteiger partial charge on any atom is -0.348 e. The van der Waals surface area contributed by atoms with Gasteiger partial charge in [-0.2, -0.15) is 5.10 Å². The van der Waals surface area contributed by atoms with Gasteiger partial charge in [-0.15, -0.1) is 0 Å². The zero-order valence-electron chi connectivity index (χ0n) is 23.5. The maximum Gasteiger partial charge on any atom is 0.323 e. The Labute approximate surface area is 236 Å². The molecule has 0 spiro atoms. The Morgan fingerprint density at radius 2 is 1.93 bits per heavy atom. The normalized spacial score (nSPS) is 13.9. The van der Waals surface area contributed by atoms with Crippen LogP contribution in [0.2, 0.25) is 0 Å². The summed E-state index contributed by atoms with van der Waals surface area (Å²) < 4.78 is 18.5. The summed E-state index contributed by atoms with van der Waals surface area (Å²) in [6.45, 7) is 7.50. The van der Waals surface area contributed by atoms with Gasteiger partial charge in [0.2, 0.25) is 0 Å². The number of carbonyl (C=O) groups excluding carboxylic acids is 2. The van der Waals surface area contributed by atoms with Gasteiger partial charge in [-0.1, -0.05) is 19.9 Å². The molecule has 2 aromatic heterocycles. The van der Waals surface area contributed by atoms with Crippen LogP contribution in [-0.2, 0) is 33.0 Å². The number of aromatic nitrogens is 3. The molecule has 0 saturated heterocycles. The van der Waals surface area contributed by atoms with E-state index >= 15 is 0 Å². The first-order valence-corrected chi connectivity index (χ1v) is 14.0. The maximum absolute atomic E-state index is 14.3. The molecule has 208 valence electrons. The molecule has 0 radical (unpaired) electrons. The van der Waals surface area contributed by atoms with Crippen molar-refractivity contribution < 1.29 is 14.0 Å². The lowest BCUT2D eigenvalue weighted by Crippen LogP contribution is -2.20. The number of rotatable bonds is 4. The van der Waals surface area contributed by atoms with E-state index in [1.807, 2.05) is 43.0 Å². The quantitative estimate of drug-likeness (QED) is 0.246. The summed E-state index contributed by atoms with van der Waals surface area (Å²) in [6.07, 6.45) is 3.63. The van der Waals surface area contributed by atoms with E-state index in [1.54, 1.807) is 12.1 Å². The van der Waals surface area contributed by atoms with Gasteiger partial charge in [-0.3, -0.25) is 9.48 Å². The number of anilines is 2. The number of hydrogen-bond acceptors (Lipinski definition) is 3. The fourth-order valence-electron chi connectivity index (χ4n) is 6.57. The van der Waals surface area contributed by atoms with Crippen molar-refractivity contribution in [1.29, 1.82) is 0 Å². The van der Waals surface area contributed by atoms with Gasteiger partial charge in [0.25, 0.3) is 5.91 Å². The van der Waals surface area contributed by atoms with Crippen molar-refractivity contribution in [2.24, 2.45) is 13.0 Å². The SMILES string of the molecule is Cc1ccc(F)c(NC(=O)Nc2ccc3c(c2)c2c4c(c5c(c2n3CC(C)C)CCc2nn(C)cc2-5)C(=O)NC4)c1. The van der Waals surface area contributed by atoms with Crippen LogP contribution in [-0.4, -0.2) is 26.3 Å². The van der Waals surface area contributed by atoms with Crippen molar-refractivity contribution in [2.75, 3.05) is 10.6 Å². The number of nitrogens with zero attached hydrogens (tertiary/aromatic N) is 3. The average molecular weight is 551 g/mol. The van der Waals surface area contributed by atoms with Crippen molar-refractivity contribution in [2.45, 2.75) is 46.7 Å². The van der Waals surface area contributed by atoms with Gasteiger partial charge in [-0.25, -0.2) is 9.18 Å². The minimum atomic E-state index is -0.525. The zero-order chi connectivity index (χ0) is 28.6. The lowest BCUT2D eigenvalue weighted by molar-refractivity contribution is 0.0966. The number of urea groups is 1. The first kappa shape index (κ1) is 25.3. The topological polar surface area (TPSA) is 93.0 Å². The third kappa shape index (κ3) is 3.98. The number of carbonyl (C=O) groups is 2. The summed E-state index contributed by atoms with van der Waals surface area (Å²) in [5.41, 5.74) is 9.72. The molecule has 0 bridgehead atoms. The van der Waals surface area contributed by atoms with Crippen LogP contribution in [0.5, 0.6) is 0 Å². The molecule has 5 aromatic rings. The molecule has 3 N–H and O–H groups in total. The summed E-state index contributed by atoms with van der Waals surface area (Å²) >= 11 is 0. The maximum atomic E-state index is 14.3. The second kappa shape index (κ2) is 9.19. The fourth-order valence-corrected chi connectivity index (χ4v) is 6.57. The van der Waals surface area contributed by atoms with E-state index < -0.39 is 11.8 Å². The molecule has 9 heteroatoms. The molecule has 41 heavy (non-hydrogen) atoms. The van der Waals surface area contributed by atoms with Crippen molar-refractivity contribution in [1.82, 2.24) is 19.7 Å². The summed E-state index contributed by atoms with van der Waals surface area (Å²) in [4.78, 5) is 26.2. The Kier molecular flexibility index (Phi) is 5.67. The van der Waals surface area contributed by atoms with Crippen LogP contribution in [0.3, 0.4) is 0 Å². The number of nitrogens with one attached hydrogen (secondary N) is 3. The number of amides is 3. The van der Waals surface area contributed by atoms with E-state index in [2.05, 4.69) is 39.5 Å². The molecule has 1 aliphatic carbocycles. The molecule has 3 aromatic carbocycles. The van der Waals surface area contributed by atoms with Crippen LogP contribution in [0.1, 0.15) is 46.6 Å². The average Bonchev–Trinajstić information content (AvgIpc) is 3.58. The van der Waals surface area contributed by atoms with E-state index in [9.17, 15) is 14.0 Å². The third-order valence-corrected chi connectivity index (χ3v) is 8.12. The van der Waals surface area contributed by atoms with Crippen molar-refractivity contribution in [3.63, 3.8) is 0 Å². The van der Waals surface area contributed by atoms with Crippen LogP contribution >= 0.6 is 0 Å². The van der Waals surface area contributed by atoms with Crippen LogP contribution < -0.4 is 16.0 Å². The van der Waals surface area contributed by atoms with Crippen LogP contribution in [0, 0.1) is 18.7 Å². The van der Waals surface area contributed by atoms with E-state index in [0.29, 0.717) is 18.2 Å². The van der Waals surface area contributed by atoms with Crippen molar-refractivity contribution in [3.8, 4) is 11.1 Å². The molecule has 0 saturated carbocycles. The van der Waals surface area contributed by atoms with Crippen LogP contribution in [0.4, 0.5) is 20.6 Å². The predicted molar refractivity (Wildman–Crippen MR) is 159 cm³/mol. The van der Waals surface area contributed by atoms with Crippen molar-refractivity contribution in [3.05, 3.63) is 76.4 Å². The lowest BCUT2D eigenvalue weighted by atomic mass is 9.82. The predicted octanol–water partition coefficient (Wildman–Crippen LogP) is 6.28. The highest BCUT2D eigenvalue weighted by atomic mass is 19.1. The summed E-state index contributed by atoms with van der Waals surface area (Å²) in [5, 5.41) is 15.3. The second-order valence-electron chi connectivity index (χ2n) is 11.6. The lowest BCUT2D eigenvalue weighted by Gasteiger charge is -2.22. The van der Waals surface area contributed by atoms with Gasteiger partial charge in [0, 0.05) is 59.4 Å². The van der Waals surface area contributed by atoms with E-state index in [0.717, 1.165) is 74.7 Å². The van der Waals surface area contributed by atoms with E-state index in [4.69, 9.17) is 0 Å². The summed E-state index contributed by atoms with van der Waals surface area (Å²) in [7, 11) is 1.92. The van der Waals surface area contributed by atoms with Gasteiger partial charge in [0.05, 0.1) is 22.5 Å². The molecule has 7 rings (SSSR count). The summed E-state index contributed by atoms with van der Waals surface area (Å²) in [5.74, 6) is -0.163. The number of halogens is 1. The number of aryl methyl sites for hydroxylation is 4. The Morgan fingerprint density at radius 1 is 1.10 bits per heavy atom. The van der Waals surface area contributed by atoms with Gasteiger partial charge >= 0.3 is 6.03 Å². The van der Waals surface area contributed by atoms with Gasteiger partial charge in [0.15, 0.2) is 0 Å². The highest BCUT2D eigenvalue weighted by molar-refractivity contribution is 6.20. The largest absolute Gasteiger partial charge is 0.348 e. The number of hydrogen-bond donors (Lipinski definition) is 3. The highest BCUT2D eigenvalue weighted by Gasteiger charge is 2.35. The molecule has 1 aliphatic heterocycles. The Hall–Kier alpha value is -4.66. The molecule has 0 fully saturated rings. The monoisotopic (exact) mass is 550 g/mol. The minimum absolute atomic E-state index is 0.0616. The molecule has 3 heterocycles. The molecule has 2 aliphatic rings. The summed E-state index contributed by atoms with van der Waals surface area (Å²) in [6, 6.07) is 9.94. The van der Waals surface area contributed by atoms with Crippen molar-refractivity contribution >= 4 is 45.1 Å². The fraction of sp³-hybridized carbons (Fsp3) is 0.281. The zero-order valence-corrected chi connectivity index (χ0v) is 23.5. The van der Waals surface area contributed by atoms with Crippen LogP contribution in [0.15, 0.2) is 42.6 Å². The van der Waals surface area contributed by atoms with Gasteiger partial charge < -0.3 is 20.5 Å².